The molecule has 3 aromatic carbocycles. The summed E-state index contributed by atoms with van der Waals surface area (Å²) in [5.74, 6) is -1.22. The summed E-state index contributed by atoms with van der Waals surface area (Å²) in [7, 11) is 1.56. The van der Waals surface area contributed by atoms with E-state index in [1.165, 1.54) is 6.07 Å². The molecule has 0 saturated carbocycles. The van der Waals surface area contributed by atoms with Gasteiger partial charge in [-0.2, -0.15) is 0 Å². The molecule has 0 spiro atoms. The van der Waals surface area contributed by atoms with E-state index >= 15 is 0 Å². The molecule has 1 saturated heterocycles. The fourth-order valence-corrected chi connectivity index (χ4v) is 4.11. The molecule has 0 aromatic heterocycles. The topological polar surface area (TPSA) is 41.6 Å². The van der Waals surface area contributed by atoms with Crippen molar-refractivity contribution in [3.8, 4) is 16.9 Å². The van der Waals surface area contributed by atoms with E-state index in [-0.39, 0.29) is 11.9 Å². The largest absolute Gasteiger partial charge is 0.496 e. The zero-order valence-corrected chi connectivity index (χ0v) is 18.0. The summed E-state index contributed by atoms with van der Waals surface area (Å²) in [6.07, 6.45) is 1.73. The summed E-state index contributed by atoms with van der Waals surface area (Å²) >= 11 is 0. The lowest BCUT2D eigenvalue weighted by molar-refractivity contribution is 0.0906. The second-order valence-corrected chi connectivity index (χ2v) is 8.05. The van der Waals surface area contributed by atoms with Crippen LogP contribution < -0.4 is 10.1 Å². The molecule has 1 N–H and O–H groups in total. The van der Waals surface area contributed by atoms with E-state index in [9.17, 15) is 13.6 Å². The first-order valence-electron chi connectivity index (χ1n) is 10.7. The first-order valence-corrected chi connectivity index (χ1v) is 10.7. The van der Waals surface area contributed by atoms with Gasteiger partial charge < -0.3 is 10.1 Å². The van der Waals surface area contributed by atoms with Crippen LogP contribution in [-0.2, 0) is 6.54 Å². The number of hydrogen-bond donors (Lipinski definition) is 1. The van der Waals surface area contributed by atoms with Gasteiger partial charge in [-0.3, -0.25) is 9.69 Å². The van der Waals surface area contributed by atoms with E-state index in [1.54, 1.807) is 25.3 Å². The molecule has 1 fully saturated rings. The predicted molar refractivity (Wildman–Crippen MR) is 121 cm³/mol. The number of carbonyl (C=O) groups excluding carboxylic acids is 1. The maximum absolute atomic E-state index is 13.6. The molecule has 0 radical (unpaired) electrons. The van der Waals surface area contributed by atoms with Gasteiger partial charge in [0.15, 0.2) is 11.6 Å². The Bertz CT molecular complexity index is 1090. The number of rotatable bonds is 6. The Morgan fingerprint density at radius 2 is 1.72 bits per heavy atom. The van der Waals surface area contributed by atoms with Crippen LogP contribution in [-0.4, -0.2) is 37.0 Å². The molecular formula is C26H26F2N2O2. The number of methoxy groups -OCH3 is 1. The standard InChI is InChI=1S/C26H26F2N2O2/c1-32-25-8-3-2-7-22(25)26(31)29-21-11-13-30(14-12-21)17-18-5-4-6-19(15-18)20-9-10-23(27)24(28)16-20/h2-10,15-16,21H,11-14,17H2,1H3,(H,29,31). The van der Waals surface area contributed by atoms with Gasteiger partial charge in [0.2, 0.25) is 0 Å². The highest BCUT2D eigenvalue weighted by molar-refractivity contribution is 5.97. The van der Waals surface area contributed by atoms with E-state index in [0.29, 0.717) is 16.9 Å². The third-order valence-electron chi connectivity index (χ3n) is 5.86. The van der Waals surface area contributed by atoms with E-state index < -0.39 is 11.6 Å². The number of nitrogens with zero attached hydrogens (tertiary/aromatic N) is 1. The Hall–Kier alpha value is -3.25. The number of carbonyl (C=O) groups is 1. The van der Waals surface area contributed by atoms with Crippen molar-refractivity contribution in [2.45, 2.75) is 25.4 Å². The van der Waals surface area contributed by atoms with Crippen LogP contribution in [0, 0.1) is 11.6 Å². The summed E-state index contributed by atoms with van der Waals surface area (Å²) in [6, 6.07) is 19.2. The van der Waals surface area contributed by atoms with Crippen LogP contribution in [0.4, 0.5) is 8.78 Å². The maximum atomic E-state index is 13.6. The van der Waals surface area contributed by atoms with Gasteiger partial charge in [0.05, 0.1) is 12.7 Å². The van der Waals surface area contributed by atoms with Crippen LogP contribution in [0.3, 0.4) is 0 Å². The van der Waals surface area contributed by atoms with Crippen LogP contribution in [0.15, 0.2) is 66.7 Å². The monoisotopic (exact) mass is 436 g/mol. The van der Waals surface area contributed by atoms with Crippen LogP contribution in [0.5, 0.6) is 5.75 Å². The lowest BCUT2D eigenvalue weighted by atomic mass is 10.0. The number of piperidine rings is 1. The first-order chi connectivity index (χ1) is 15.5. The minimum Gasteiger partial charge on any atom is -0.496 e. The predicted octanol–water partition coefficient (Wildman–Crippen LogP) is 5.03. The smallest absolute Gasteiger partial charge is 0.255 e. The molecule has 6 heteroatoms. The Morgan fingerprint density at radius 1 is 0.969 bits per heavy atom. The van der Waals surface area contributed by atoms with Gasteiger partial charge in [-0.25, -0.2) is 8.78 Å². The molecule has 166 valence electrons. The Labute approximate surface area is 186 Å². The van der Waals surface area contributed by atoms with Crippen molar-refractivity contribution >= 4 is 5.91 Å². The highest BCUT2D eigenvalue weighted by atomic mass is 19.2. The fourth-order valence-electron chi connectivity index (χ4n) is 4.11. The molecular weight excluding hydrogens is 410 g/mol. The quantitative estimate of drug-likeness (QED) is 0.589. The molecule has 1 amide bonds. The first kappa shape index (κ1) is 22.0. The maximum Gasteiger partial charge on any atom is 0.255 e. The van der Waals surface area contributed by atoms with Gasteiger partial charge >= 0.3 is 0 Å². The SMILES string of the molecule is COc1ccccc1C(=O)NC1CCN(Cc2cccc(-c3ccc(F)c(F)c3)c2)CC1. The molecule has 0 unspecified atom stereocenters. The average molecular weight is 437 g/mol. The van der Waals surface area contributed by atoms with E-state index in [2.05, 4.69) is 10.2 Å². The molecule has 32 heavy (non-hydrogen) atoms. The Kier molecular flexibility index (Phi) is 6.81. The third-order valence-corrected chi connectivity index (χ3v) is 5.86. The Balaban J connectivity index is 1.33. The number of hydrogen-bond acceptors (Lipinski definition) is 3. The molecule has 0 atom stereocenters. The number of halogens is 2. The van der Waals surface area contributed by atoms with Gasteiger partial charge in [0, 0.05) is 25.7 Å². The molecule has 4 nitrogen and oxygen atoms in total. The summed E-state index contributed by atoms with van der Waals surface area (Å²) in [6.45, 7) is 2.50. The normalized spacial score (nSPS) is 14.8. The van der Waals surface area contributed by atoms with Crippen molar-refractivity contribution in [1.82, 2.24) is 10.2 Å². The Morgan fingerprint density at radius 3 is 2.47 bits per heavy atom. The van der Waals surface area contributed by atoms with Gasteiger partial charge in [0.25, 0.3) is 5.91 Å². The van der Waals surface area contributed by atoms with Gasteiger partial charge in [-0.05, 0) is 59.9 Å². The minimum absolute atomic E-state index is 0.111. The van der Waals surface area contributed by atoms with Crippen LogP contribution in [0.1, 0.15) is 28.8 Å². The summed E-state index contributed by atoms with van der Waals surface area (Å²) in [4.78, 5) is 15.0. The number of nitrogens with one attached hydrogen (secondary N) is 1. The molecule has 0 bridgehead atoms. The lowest BCUT2D eigenvalue weighted by Crippen LogP contribution is -2.44. The number of para-hydroxylation sites is 1. The molecule has 4 rings (SSSR count). The minimum atomic E-state index is -0.842. The fraction of sp³-hybridized carbons (Fsp3) is 0.269. The van der Waals surface area contributed by atoms with Crippen molar-refractivity contribution in [3.05, 3.63) is 89.5 Å². The molecule has 1 aliphatic heterocycles. The van der Waals surface area contributed by atoms with Crippen LogP contribution in [0.25, 0.3) is 11.1 Å². The van der Waals surface area contributed by atoms with Gasteiger partial charge in [0.1, 0.15) is 5.75 Å². The van der Waals surface area contributed by atoms with Crippen molar-refractivity contribution in [2.24, 2.45) is 0 Å². The molecule has 3 aromatic rings. The second kappa shape index (κ2) is 9.92. The summed E-state index contributed by atoms with van der Waals surface area (Å²) < 4.78 is 32.1. The van der Waals surface area contributed by atoms with E-state index in [1.807, 2.05) is 36.4 Å². The van der Waals surface area contributed by atoms with Crippen molar-refractivity contribution in [2.75, 3.05) is 20.2 Å². The van der Waals surface area contributed by atoms with Crippen molar-refractivity contribution in [1.29, 1.82) is 0 Å². The van der Waals surface area contributed by atoms with E-state index in [4.69, 9.17) is 4.74 Å². The molecule has 0 aliphatic carbocycles. The van der Waals surface area contributed by atoms with Crippen LogP contribution >= 0.6 is 0 Å². The lowest BCUT2D eigenvalue weighted by Gasteiger charge is -2.32. The highest BCUT2D eigenvalue weighted by Crippen LogP contribution is 2.24. The van der Waals surface area contributed by atoms with Crippen LogP contribution in [0.2, 0.25) is 0 Å². The summed E-state index contributed by atoms with van der Waals surface area (Å²) in [5, 5.41) is 3.12. The van der Waals surface area contributed by atoms with Crippen molar-refractivity contribution in [3.63, 3.8) is 0 Å². The highest BCUT2D eigenvalue weighted by Gasteiger charge is 2.22. The third kappa shape index (κ3) is 5.14. The zero-order chi connectivity index (χ0) is 22.5. The number of likely N-dealkylation sites (tertiary alicyclic amines) is 1. The molecule has 1 heterocycles. The second-order valence-electron chi connectivity index (χ2n) is 8.05. The average Bonchev–Trinajstić information content (AvgIpc) is 2.82. The number of benzene rings is 3. The summed E-state index contributed by atoms with van der Waals surface area (Å²) in [5.41, 5.74) is 3.18. The number of amides is 1. The zero-order valence-electron chi connectivity index (χ0n) is 18.0. The van der Waals surface area contributed by atoms with Gasteiger partial charge in [-0.15, -0.1) is 0 Å². The van der Waals surface area contributed by atoms with Crippen molar-refractivity contribution < 1.29 is 18.3 Å². The van der Waals surface area contributed by atoms with E-state index in [0.717, 1.165) is 49.7 Å². The number of ether oxygens (including phenoxy) is 1. The molecule has 1 aliphatic rings. The van der Waals surface area contributed by atoms with Gasteiger partial charge in [-0.1, -0.05) is 36.4 Å².